The van der Waals surface area contributed by atoms with Crippen LogP contribution >= 0.6 is 0 Å². The van der Waals surface area contributed by atoms with Gasteiger partial charge < -0.3 is 10.1 Å². The maximum Gasteiger partial charge on any atom is 0.326 e. The van der Waals surface area contributed by atoms with E-state index >= 15 is 0 Å². The van der Waals surface area contributed by atoms with E-state index in [4.69, 9.17) is 4.74 Å². The molecule has 1 saturated heterocycles. The molecule has 7 nitrogen and oxygen atoms in total. The van der Waals surface area contributed by atoms with Crippen molar-refractivity contribution in [2.24, 2.45) is 11.8 Å². The number of esters is 1. The summed E-state index contributed by atoms with van der Waals surface area (Å²) < 4.78 is 17.6. The monoisotopic (exact) mass is 362 g/mol. The Hall–Kier alpha value is -2.77. The predicted molar refractivity (Wildman–Crippen MR) is 88.2 cm³/mol. The number of anilines is 1. The van der Waals surface area contributed by atoms with Crippen molar-refractivity contribution in [1.82, 2.24) is 4.90 Å². The number of hydrogen-bond donors (Lipinski definition) is 1. The lowest BCUT2D eigenvalue weighted by molar-refractivity contribution is -0.154. The lowest BCUT2D eigenvalue weighted by Crippen LogP contribution is -2.37. The second-order valence-corrected chi connectivity index (χ2v) is 6.48. The number of amides is 3. The smallest absolute Gasteiger partial charge is 0.326 e. The van der Waals surface area contributed by atoms with Gasteiger partial charge in [-0.05, 0) is 37.1 Å². The van der Waals surface area contributed by atoms with Crippen molar-refractivity contribution >= 4 is 29.4 Å². The van der Waals surface area contributed by atoms with Gasteiger partial charge in [-0.1, -0.05) is 12.8 Å². The van der Waals surface area contributed by atoms with E-state index in [1.165, 1.54) is 24.3 Å². The van der Waals surface area contributed by atoms with Crippen LogP contribution in [0.15, 0.2) is 24.3 Å². The SMILES string of the molecule is O=C(COC(=O)CN1C(=O)[C@H]2CCCC[C@H]2C1=O)Nc1ccc(F)cc1. The maximum absolute atomic E-state index is 12.8. The second kappa shape index (κ2) is 7.63. The molecule has 0 unspecified atom stereocenters. The quantitative estimate of drug-likeness (QED) is 0.633. The molecule has 138 valence electrons. The van der Waals surface area contributed by atoms with Gasteiger partial charge in [0.15, 0.2) is 6.61 Å². The van der Waals surface area contributed by atoms with Crippen molar-refractivity contribution in [2.45, 2.75) is 25.7 Å². The molecule has 2 aliphatic rings. The first-order valence-electron chi connectivity index (χ1n) is 8.52. The minimum absolute atomic E-state index is 0.326. The summed E-state index contributed by atoms with van der Waals surface area (Å²) in [5, 5.41) is 2.45. The fourth-order valence-electron chi connectivity index (χ4n) is 3.44. The maximum atomic E-state index is 12.8. The molecule has 1 aliphatic heterocycles. The van der Waals surface area contributed by atoms with Gasteiger partial charge in [-0.2, -0.15) is 0 Å². The molecule has 26 heavy (non-hydrogen) atoms. The molecule has 3 amide bonds. The number of likely N-dealkylation sites (tertiary alicyclic amines) is 1. The number of carbonyl (C=O) groups is 4. The van der Waals surface area contributed by atoms with E-state index < -0.39 is 30.8 Å². The Morgan fingerprint density at radius 3 is 2.23 bits per heavy atom. The summed E-state index contributed by atoms with van der Waals surface area (Å²) >= 11 is 0. The average molecular weight is 362 g/mol. The van der Waals surface area contributed by atoms with Gasteiger partial charge in [-0.25, -0.2) is 4.39 Å². The number of nitrogens with one attached hydrogen (secondary N) is 1. The molecule has 1 aliphatic carbocycles. The highest BCUT2D eigenvalue weighted by Gasteiger charge is 2.48. The molecule has 1 aromatic rings. The fraction of sp³-hybridized carbons (Fsp3) is 0.444. The number of nitrogens with zero attached hydrogens (tertiary/aromatic N) is 1. The zero-order valence-electron chi connectivity index (χ0n) is 14.1. The van der Waals surface area contributed by atoms with Crippen LogP contribution in [0.1, 0.15) is 25.7 Å². The molecular weight excluding hydrogens is 343 g/mol. The van der Waals surface area contributed by atoms with Crippen molar-refractivity contribution in [3.05, 3.63) is 30.1 Å². The Morgan fingerprint density at radius 1 is 1.08 bits per heavy atom. The number of halogens is 1. The molecule has 3 rings (SSSR count). The highest BCUT2D eigenvalue weighted by Crippen LogP contribution is 2.37. The van der Waals surface area contributed by atoms with E-state index in [0.29, 0.717) is 18.5 Å². The number of ether oxygens (including phenoxy) is 1. The Morgan fingerprint density at radius 2 is 1.65 bits per heavy atom. The van der Waals surface area contributed by atoms with Gasteiger partial charge in [0.05, 0.1) is 11.8 Å². The Kier molecular flexibility index (Phi) is 5.29. The van der Waals surface area contributed by atoms with Crippen LogP contribution in [0.3, 0.4) is 0 Å². The lowest BCUT2D eigenvalue weighted by Gasteiger charge is -2.19. The molecule has 2 atom stereocenters. The molecule has 1 saturated carbocycles. The highest BCUT2D eigenvalue weighted by atomic mass is 19.1. The van der Waals surface area contributed by atoms with Crippen LogP contribution in [0.4, 0.5) is 10.1 Å². The van der Waals surface area contributed by atoms with Crippen LogP contribution in [0.5, 0.6) is 0 Å². The van der Waals surface area contributed by atoms with E-state index in [1.54, 1.807) is 0 Å². The number of imide groups is 1. The topological polar surface area (TPSA) is 92.8 Å². The van der Waals surface area contributed by atoms with Crippen LogP contribution in [0.25, 0.3) is 0 Å². The largest absolute Gasteiger partial charge is 0.454 e. The van der Waals surface area contributed by atoms with Gasteiger partial charge in [-0.3, -0.25) is 24.1 Å². The van der Waals surface area contributed by atoms with Crippen LogP contribution in [0.2, 0.25) is 0 Å². The van der Waals surface area contributed by atoms with Crippen molar-refractivity contribution in [3.8, 4) is 0 Å². The van der Waals surface area contributed by atoms with Crippen molar-refractivity contribution in [2.75, 3.05) is 18.5 Å². The molecule has 0 radical (unpaired) electrons. The van der Waals surface area contributed by atoms with Crippen molar-refractivity contribution in [1.29, 1.82) is 0 Å². The molecule has 0 bridgehead atoms. The Balaban J connectivity index is 1.48. The Bertz CT molecular complexity index is 710. The first kappa shape index (κ1) is 18.0. The van der Waals surface area contributed by atoms with Gasteiger partial charge in [0.1, 0.15) is 12.4 Å². The number of rotatable bonds is 5. The van der Waals surface area contributed by atoms with Crippen LogP contribution in [-0.2, 0) is 23.9 Å². The molecular formula is C18H19FN2O5. The van der Waals surface area contributed by atoms with Gasteiger partial charge in [0.25, 0.3) is 5.91 Å². The number of carbonyl (C=O) groups excluding carboxylic acids is 4. The first-order chi connectivity index (χ1) is 12.5. The van der Waals surface area contributed by atoms with E-state index in [1.807, 2.05) is 0 Å². The normalized spacial score (nSPS) is 22.1. The van der Waals surface area contributed by atoms with E-state index in [2.05, 4.69) is 5.32 Å². The third kappa shape index (κ3) is 3.89. The summed E-state index contributed by atoms with van der Waals surface area (Å²) in [7, 11) is 0. The molecule has 8 heteroatoms. The van der Waals surface area contributed by atoms with Crippen molar-refractivity contribution < 1.29 is 28.3 Å². The fourth-order valence-corrected chi connectivity index (χ4v) is 3.44. The summed E-state index contributed by atoms with van der Waals surface area (Å²) in [4.78, 5) is 49.1. The third-order valence-electron chi connectivity index (χ3n) is 4.71. The van der Waals surface area contributed by atoms with E-state index in [0.717, 1.165) is 17.7 Å². The molecule has 1 heterocycles. The van der Waals surface area contributed by atoms with E-state index in [9.17, 15) is 23.6 Å². The van der Waals surface area contributed by atoms with Gasteiger partial charge in [-0.15, -0.1) is 0 Å². The molecule has 0 spiro atoms. The molecule has 1 aromatic carbocycles. The summed E-state index contributed by atoms with van der Waals surface area (Å²) in [5.41, 5.74) is 0.362. The zero-order chi connectivity index (χ0) is 18.7. The first-order valence-corrected chi connectivity index (χ1v) is 8.52. The predicted octanol–water partition coefficient (Wildman–Crippen LogP) is 1.48. The summed E-state index contributed by atoms with van der Waals surface area (Å²) in [6.07, 6.45) is 3.14. The van der Waals surface area contributed by atoms with Crippen molar-refractivity contribution in [3.63, 3.8) is 0 Å². The van der Waals surface area contributed by atoms with Gasteiger partial charge in [0, 0.05) is 5.69 Å². The van der Waals surface area contributed by atoms with E-state index in [-0.39, 0.29) is 23.7 Å². The van der Waals surface area contributed by atoms with Gasteiger partial charge >= 0.3 is 5.97 Å². The van der Waals surface area contributed by atoms with Crippen LogP contribution < -0.4 is 5.32 Å². The minimum Gasteiger partial charge on any atom is -0.454 e. The molecule has 2 fully saturated rings. The second-order valence-electron chi connectivity index (χ2n) is 6.48. The average Bonchev–Trinajstić information content (AvgIpc) is 2.87. The third-order valence-corrected chi connectivity index (χ3v) is 4.71. The van der Waals surface area contributed by atoms with Crippen LogP contribution in [-0.4, -0.2) is 41.7 Å². The lowest BCUT2D eigenvalue weighted by atomic mass is 9.81. The summed E-state index contributed by atoms with van der Waals surface area (Å²) in [6, 6.07) is 5.12. The standard InChI is InChI=1S/C18H19FN2O5/c19-11-5-7-12(8-6-11)20-15(22)10-26-16(23)9-21-17(24)13-3-1-2-4-14(13)18(21)25/h5-8,13-14H,1-4,9-10H2,(H,20,22)/t13-,14+. The summed E-state index contributed by atoms with van der Waals surface area (Å²) in [5.74, 6) is -3.16. The van der Waals surface area contributed by atoms with Gasteiger partial charge in [0.2, 0.25) is 11.8 Å². The number of benzene rings is 1. The zero-order valence-corrected chi connectivity index (χ0v) is 14.1. The Labute approximate surface area is 149 Å². The number of hydrogen-bond acceptors (Lipinski definition) is 5. The summed E-state index contributed by atoms with van der Waals surface area (Å²) in [6.45, 7) is -1.03. The minimum atomic E-state index is -0.820. The number of fused-ring (bicyclic) bond motifs is 1. The molecule has 0 aromatic heterocycles. The highest BCUT2D eigenvalue weighted by molar-refractivity contribution is 6.07. The van der Waals surface area contributed by atoms with Crippen LogP contribution in [0, 0.1) is 17.7 Å². The molecule has 1 N–H and O–H groups in total.